The van der Waals surface area contributed by atoms with Crippen LogP contribution >= 0.6 is 0 Å². The summed E-state index contributed by atoms with van der Waals surface area (Å²) in [6.45, 7) is 3.47. The fourth-order valence-electron chi connectivity index (χ4n) is 1.95. The number of rotatable bonds is 2. The van der Waals surface area contributed by atoms with Crippen molar-refractivity contribution in [3.05, 3.63) is 0 Å². The first kappa shape index (κ1) is 10.8. The van der Waals surface area contributed by atoms with E-state index >= 15 is 0 Å². The van der Waals surface area contributed by atoms with E-state index in [1.807, 2.05) is 0 Å². The van der Waals surface area contributed by atoms with Crippen LogP contribution in [0, 0.1) is 0 Å². The van der Waals surface area contributed by atoms with E-state index in [0.717, 1.165) is 0 Å². The number of hydrogen-bond donors (Lipinski definition) is 1. The smallest absolute Gasteiger partial charge is 0.335 e. The number of fused-ring (bicyclic) bond motifs is 1. The Morgan fingerprint density at radius 2 is 1.93 bits per heavy atom. The van der Waals surface area contributed by atoms with Crippen LogP contribution in [-0.4, -0.2) is 48.6 Å². The third-order valence-corrected chi connectivity index (χ3v) is 2.49. The number of carboxylic acids is 1. The minimum atomic E-state index is -1.06. The number of methoxy groups -OCH3 is 1. The van der Waals surface area contributed by atoms with E-state index in [-0.39, 0.29) is 0 Å². The maximum Gasteiger partial charge on any atom is 0.335 e. The molecule has 0 bridgehead atoms. The van der Waals surface area contributed by atoms with E-state index in [1.165, 1.54) is 7.11 Å². The molecule has 2 heterocycles. The minimum Gasteiger partial charge on any atom is -0.479 e. The highest BCUT2D eigenvalue weighted by molar-refractivity contribution is 5.73. The lowest BCUT2D eigenvalue weighted by Crippen LogP contribution is -2.35. The molecule has 2 saturated heterocycles. The molecule has 4 atom stereocenters. The summed E-state index contributed by atoms with van der Waals surface area (Å²) in [6.07, 6.45) is -2.80. The van der Waals surface area contributed by atoms with Gasteiger partial charge in [-0.25, -0.2) is 4.79 Å². The Hall–Kier alpha value is -0.690. The first-order chi connectivity index (χ1) is 6.94. The van der Waals surface area contributed by atoms with Crippen LogP contribution in [0.25, 0.3) is 0 Å². The minimum absolute atomic E-state index is 0.480. The van der Waals surface area contributed by atoms with Gasteiger partial charge in [0.15, 0.2) is 18.2 Å². The van der Waals surface area contributed by atoms with Gasteiger partial charge >= 0.3 is 5.97 Å². The molecule has 0 amide bonds. The Morgan fingerprint density at radius 3 is 2.47 bits per heavy atom. The van der Waals surface area contributed by atoms with Gasteiger partial charge in [-0.3, -0.25) is 0 Å². The third-order valence-electron chi connectivity index (χ3n) is 2.49. The number of aliphatic carboxylic acids is 1. The summed E-state index contributed by atoms with van der Waals surface area (Å²) in [5, 5.41) is 8.93. The largest absolute Gasteiger partial charge is 0.479 e. The van der Waals surface area contributed by atoms with Gasteiger partial charge in [-0.05, 0) is 13.8 Å². The van der Waals surface area contributed by atoms with Gasteiger partial charge in [0.25, 0.3) is 0 Å². The molecule has 2 rings (SSSR count). The van der Waals surface area contributed by atoms with Gasteiger partial charge in [0.05, 0.1) is 0 Å². The quantitative estimate of drug-likeness (QED) is 0.701. The molecule has 0 aliphatic carbocycles. The van der Waals surface area contributed by atoms with Crippen molar-refractivity contribution in [3.8, 4) is 0 Å². The maximum absolute atomic E-state index is 10.9. The molecule has 2 aliphatic heterocycles. The van der Waals surface area contributed by atoms with Gasteiger partial charge in [-0.1, -0.05) is 0 Å². The lowest BCUT2D eigenvalue weighted by molar-refractivity contribution is -0.229. The van der Waals surface area contributed by atoms with Gasteiger partial charge < -0.3 is 24.1 Å². The van der Waals surface area contributed by atoms with Gasteiger partial charge in [-0.15, -0.1) is 0 Å². The summed E-state index contributed by atoms with van der Waals surface area (Å²) in [5.41, 5.74) is 0. The zero-order valence-electron chi connectivity index (χ0n) is 8.80. The van der Waals surface area contributed by atoms with Crippen LogP contribution in [0.1, 0.15) is 13.8 Å². The lowest BCUT2D eigenvalue weighted by atomic mass is 10.1. The molecule has 0 aromatic carbocycles. The molecule has 15 heavy (non-hydrogen) atoms. The molecule has 0 aromatic rings. The highest BCUT2D eigenvalue weighted by atomic mass is 16.8. The van der Waals surface area contributed by atoms with Crippen LogP contribution in [0.15, 0.2) is 0 Å². The van der Waals surface area contributed by atoms with Crippen molar-refractivity contribution in [2.45, 2.75) is 44.2 Å². The number of carbonyl (C=O) groups is 1. The van der Waals surface area contributed by atoms with Gasteiger partial charge in [0, 0.05) is 7.11 Å². The van der Waals surface area contributed by atoms with E-state index in [9.17, 15) is 4.79 Å². The summed E-state index contributed by atoms with van der Waals surface area (Å²) in [5.74, 6) is -1.85. The summed E-state index contributed by atoms with van der Waals surface area (Å²) < 4.78 is 21.2. The Kier molecular flexibility index (Phi) is 2.46. The van der Waals surface area contributed by atoms with E-state index in [1.54, 1.807) is 13.8 Å². The molecule has 0 unspecified atom stereocenters. The molecule has 6 heteroatoms. The number of hydrogen-bond acceptors (Lipinski definition) is 5. The normalized spacial score (nSPS) is 42.9. The van der Waals surface area contributed by atoms with Crippen LogP contribution in [0.3, 0.4) is 0 Å². The molecule has 0 radical (unpaired) electrons. The van der Waals surface area contributed by atoms with Crippen molar-refractivity contribution in [3.63, 3.8) is 0 Å². The predicted octanol–water partition coefficient (Wildman–Crippen LogP) is -0.0376. The average molecular weight is 218 g/mol. The topological polar surface area (TPSA) is 74.2 Å². The van der Waals surface area contributed by atoms with Gasteiger partial charge in [0.2, 0.25) is 0 Å². The van der Waals surface area contributed by atoms with Crippen molar-refractivity contribution < 1.29 is 28.8 Å². The zero-order chi connectivity index (χ0) is 11.2. The summed E-state index contributed by atoms with van der Waals surface area (Å²) >= 11 is 0. The van der Waals surface area contributed by atoms with Gasteiger partial charge in [0.1, 0.15) is 12.2 Å². The zero-order valence-corrected chi connectivity index (χ0v) is 8.80. The Bertz CT molecular complexity index is 276. The summed E-state index contributed by atoms with van der Waals surface area (Å²) in [4.78, 5) is 10.9. The average Bonchev–Trinajstić information content (AvgIpc) is 2.57. The molecule has 6 nitrogen and oxygen atoms in total. The molecular formula is C9H14O6. The second-order valence-electron chi connectivity index (χ2n) is 4.06. The Morgan fingerprint density at radius 1 is 1.33 bits per heavy atom. The first-order valence-electron chi connectivity index (χ1n) is 4.71. The SMILES string of the molecule is CO[C@@H]1O[C@H](C(=O)O)[C@@H]2OC(C)(C)O[C@H]12. The van der Waals surface area contributed by atoms with Crippen LogP contribution in [-0.2, 0) is 23.7 Å². The fourth-order valence-corrected chi connectivity index (χ4v) is 1.95. The monoisotopic (exact) mass is 218 g/mol. The molecule has 2 fully saturated rings. The second kappa shape index (κ2) is 3.41. The second-order valence-corrected chi connectivity index (χ2v) is 4.06. The Balaban J connectivity index is 2.19. The first-order valence-corrected chi connectivity index (χ1v) is 4.71. The van der Waals surface area contributed by atoms with E-state index in [4.69, 9.17) is 24.1 Å². The molecular weight excluding hydrogens is 204 g/mol. The van der Waals surface area contributed by atoms with Crippen molar-refractivity contribution >= 4 is 5.97 Å². The Labute approximate surface area is 87.1 Å². The fraction of sp³-hybridized carbons (Fsp3) is 0.889. The van der Waals surface area contributed by atoms with Crippen LogP contribution < -0.4 is 0 Å². The molecule has 0 aromatic heterocycles. The number of carboxylic acid groups (broad SMARTS) is 1. The highest BCUT2D eigenvalue weighted by Gasteiger charge is 2.57. The molecule has 0 spiro atoms. The van der Waals surface area contributed by atoms with E-state index in [2.05, 4.69) is 0 Å². The van der Waals surface area contributed by atoms with Crippen molar-refractivity contribution in [1.29, 1.82) is 0 Å². The van der Waals surface area contributed by atoms with E-state index in [0.29, 0.717) is 0 Å². The summed E-state index contributed by atoms with van der Waals surface area (Å²) in [6, 6.07) is 0. The number of ether oxygens (including phenoxy) is 4. The maximum atomic E-state index is 10.9. The standard InChI is InChI=1S/C9H14O6/c1-9(2)14-4-5(7(10)11)13-8(12-3)6(4)15-9/h4-6,8H,1-3H3,(H,10,11)/t4-,5-,6-,8+/m0/s1. The van der Waals surface area contributed by atoms with E-state index < -0.39 is 36.4 Å². The van der Waals surface area contributed by atoms with Crippen LogP contribution in [0.2, 0.25) is 0 Å². The predicted molar refractivity (Wildman–Crippen MR) is 47.1 cm³/mol. The van der Waals surface area contributed by atoms with Crippen molar-refractivity contribution in [2.24, 2.45) is 0 Å². The molecule has 1 N–H and O–H groups in total. The highest BCUT2D eigenvalue weighted by Crippen LogP contribution is 2.38. The molecule has 0 saturated carbocycles. The molecule has 86 valence electrons. The summed E-state index contributed by atoms with van der Waals surface area (Å²) in [7, 11) is 1.45. The van der Waals surface area contributed by atoms with Crippen LogP contribution in [0.5, 0.6) is 0 Å². The lowest BCUT2D eigenvalue weighted by Gasteiger charge is -2.22. The third kappa shape index (κ3) is 1.74. The van der Waals surface area contributed by atoms with Crippen LogP contribution in [0.4, 0.5) is 0 Å². The van der Waals surface area contributed by atoms with Crippen molar-refractivity contribution in [1.82, 2.24) is 0 Å². The molecule has 2 aliphatic rings. The van der Waals surface area contributed by atoms with Gasteiger partial charge in [-0.2, -0.15) is 0 Å². The van der Waals surface area contributed by atoms with Crippen molar-refractivity contribution in [2.75, 3.05) is 7.11 Å².